The molecule has 3 heteroatoms. The van der Waals surface area contributed by atoms with Gasteiger partial charge < -0.3 is 10.7 Å². The van der Waals surface area contributed by atoms with Crippen LogP contribution >= 0.6 is 0 Å². The summed E-state index contributed by atoms with van der Waals surface area (Å²) in [5, 5.41) is 0.586. The van der Waals surface area contributed by atoms with Gasteiger partial charge in [0.1, 0.15) is 0 Å². The second kappa shape index (κ2) is 2.62. The lowest BCUT2D eigenvalue weighted by Gasteiger charge is -2.01. The Bertz CT molecular complexity index is 514. The van der Waals surface area contributed by atoms with Crippen molar-refractivity contribution in [1.29, 1.82) is 0 Å². The summed E-state index contributed by atoms with van der Waals surface area (Å²) in [5.74, 6) is 0. The molecule has 0 bridgehead atoms. The lowest BCUT2D eigenvalue weighted by Crippen LogP contribution is -2.08. The van der Waals surface area contributed by atoms with E-state index in [0.29, 0.717) is 16.6 Å². The maximum Gasteiger partial charge on any atom is 0.194 e. The number of aromatic amines is 1. The van der Waals surface area contributed by atoms with Crippen molar-refractivity contribution in [2.45, 2.75) is 6.92 Å². The predicted octanol–water partition coefficient (Wildman–Crippen LogP) is 1.42. The van der Waals surface area contributed by atoms with Crippen molar-refractivity contribution in [3.8, 4) is 0 Å². The number of pyridine rings is 1. The first kappa shape index (κ1) is 7.86. The fourth-order valence-corrected chi connectivity index (χ4v) is 1.39. The van der Waals surface area contributed by atoms with Crippen molar-refractivity contribution in [2.24, 2.45) is 0 Å². The number of aryl methyl sites for hydroxylation is 1. The molecular weight excluding hydrogens is 164 g/mol. The zero-order valence-corrected chi connectivity index (χ0v) is 7.29. The molecule has 0 saturated carbocycles. The predicted molar refractivity (Wildman–Crippen MR) is 53.7 cm³/mol. The molecule has 0 unspecified atom stereocenters. The van der Waals surface area contributed by atoms with Crippen molar-refractivity contribution in [1.82, 2.24) is 4.98 Å². The van der Waals surface area contributed by atoms with E-state index < -0.39 is 0 Å². The molecule has 0 aliphatic heterocycles. The standard InChI is InChI=1S/C10H10N2O/c1-6-5-12-8-4-2-3-7(11)9(8)10(6)13/h2-5H,11H2,1H3,(H,12,13). The van der Waals surface area contributed by atoms with Crippen molar-refractivity contribution in [3.05, 3.63) is 40.2 Å². The van der Waals surface area contributed by atoms with Gasteiger partial charge in [0.15, 0.2) is 5.43 Å². The van der Waals surface area contributed by atoms with E-state index in [9.17, 15) is 4.79 Å². The van der Waals surface area contributed by atoms with E-state index in [1.165, 1.54) is 0 Å². The van der Waals surface area contributed by atoms with Crippen LogP contribution in [0.2, 0.25) is 0 Å². The highest BCUT2D eigenvalue weighted by molar-refractivity contribution is 5.90. The Morgan fingerprint density at radius 3 is 2.92 bits per heavy atom. The van der Waals surface area contributed by atoms with Gasteiger partial charge in [0.05, 0.1) is 10.9 Å². The molecule has 0 spiro atoms. The van der Waals surface area contributed by atoms with Crippen molar-refractivity contribution in [2.75, 3.05) is 5.73 Å². The Morgan fingerprint density at radius 2 is 2.15 bits per heavy atom. The van der Waals surface area contributed by atoms with E-state index in [2.05, 4.69) is 4.98 Å². The van der Waals surface area contributed by atoms with Crippen LogP contribution in [0, 0.1) is 6.92 Å². The first-order valence-corrected chi connectivity index (χ1v) is 4.06. The van der Waals surface area contributed by atoms with Crippen LogP contribution in [-0.4, -0.2) is 4.98 Å². The number of H-pyrrole nitrogens is 1. The number of hydrogen-bond donors (Lipinski definition) is 2. The number of aromatic nitrogens is 1. The molecule has 0 aliphatic carbocycles. The van der Waals surface area contributed by atoms with Crippen LogP contribution in [0.5, 0.6) is 0 Å². The average Bonchev–Trinajstić information content (AvgIpc) is 2.12. The number of hydrogen-bond acceptors (Lipinski definition) is 2. The van der Waals surface area contributed by atoms with Gasteiger partial charge in [0, 0.05) is 17.4 Å². The van der Waals surface area contributed by atoms with Gasteiger partial charge in [-0.1, -0.05) is 6.07 Å². The zero-order chi connectivity index (χ0) is 9.42. The van der Waals surface area contributed by atoms with Gasteiger partial charge in [-0.3, -0.25) is 4.79 Å². The lowest BCUT2D eigenvalue weighted by molar-refractivity contribution is 1.30. The van der Waals surface area contributed by atoms with Gasteiger partial charge in [0.2, 0.25) is 0 Å². The maximum absolute atomic E-state index is 11.6. The summed E-state index contributed by atoms with van der Waals surface area (Å²) in [6, 6.07) is 5.40. The molecule has 0 fully saturated rings. The number of anilines is 1. The third-order valence-electron chi connectivity index (χ3n) is 2.13. The Labute approximate surface area is 75.2 Å². The summed E-state index contributed by atoms with van der Waals surface area (Å²) >= 11 is 0. The highest BCUT2D eigenvalue weighted by atomic mass is 16.1. The van der Waals surface area contributed by atoms with Gasteiger partial charge in [-0.25, -0.2) is 0 Å². The molecule has 1 heterocycles. The van der Waals surface area contributed by atoms with Crippen molar-refractivity contribution in [3.63, 3.8) is 0 Å². The number of nitrogens with two attached hydrogens (primary N) is 1. The molecule has 2 rings (SSSR count). The summed E-state index contributed by atoms with van der Waals surface area (Å²) in [5.41, 5.74) is 7.72. The fourth-order valence-electron chi connectivity index (χ4n) is 1.39. The molecular formula is C10H10N2O. The van der Waals surface area contributed by atoms with Crippen LogP contribution in [0.25, 0.3) is 10.9 Å². The minimum Gasteiger partial charge on any atom is -0.398 e. The van der Waals surface area contributed by atoms with Crippen LogP contribution in [0.1, 0.15) is 5.56 Å². The minimum absolute atomic E-state index is 0.00634. The molecule has 0 amide bonds. The van der Waals surface area contributed by atoms with Crippen molar-refractivity contribution < 1.29 is 0 Å². The van der Waals surface area contributed by atoms with E-state index in [-0.39, 0.29) is 5.43 Å². The SMILES string of the molecule is Cc1c[nH]c2cccc(N)c2c1=O. The van der Waals surface area contributed by atoms with E-state index >= 15 is 0 Å². The Balaban J connectivity index is 3.06. The smallest absolute Gasteiger partial charge is 0.194 e. The van der Waals surface area contributed by atoms with Gasteiger partial charge in [-0.15, -0.1) is 0 Å². The van der Waals surface area contributed by atoms with Gasteiger partial charge in [-0.2, -0.15) is 0 Å². The molecule has 0 radical (unpaired) electrons. The summed E-state index contributed by atoms with van der Waals surface area (Å²) in [7, 11) is 0. The average molecular weight is 174 g/mol. The number of rotatable bonds is 0. The third kappa shape index (κ3) is 1.09. The van der Waals surface area contributed by atoms with Gasteiger partial charge in [0.25, 0.3) is 0 Å². The maximum atomic E-state index is 11.6. The number of nitrogens with one attached hydrogen (secondary N) is 1. The van der Waals surface area contributed by atoms with E-state index in [4.69, 9.17) is 5.73 Å². The molecule has 13 heavy (non-hydrogen) atoms. The van der Waals surface area contributed by atoms with Crippen LogP contribution in [0.4, 0.5) is 5.69 Å². The first-order chi connectivity index (χ1) is 6.20. The highest BCUT2D eigenvalue weighted by Gasteiger charge is 2.03. The van der Waals surface area contributed by atoms with E-state index in [0.717, 1.165) is 5.52 Å². The summed E-state index contributed by atoms with van der Waals surface area (Å²) < 4.78 is 0. The molecule has 66 valence electrons. The zero-order valence-electron chi connectivity index (χ0n) is 7.29. The molecule has 1 aromatic heterocycles. The molecule has 3 N–H and O–H groups in total. The van der Waals surface area contributed by atoms with E-state index in [1.807, 2.05) is 12.1 Å². The Hall–Kier alpha value is -1.77. The summed E-state index contributed by atoms with van der Waals surface area (Å²) in [4.78, 5) is 14.7. The monoisotopic (exact) mass is 174 g/mol. The minimum atomic E-state index is 0.00634. The summed E-state index contributed by atoms with van der Waals surface area (Å²) in [6.07, 6.45) is 1.70. The second-order valence-electron chi connectivity index (χ2n) is 3.07. The number of fused-ring (bicyclic) bond motifs is 1. The quantitative estimate of drug-likeness (QED) is 0.593. The first-order valence-electron chi connectivity index (χ1n) is 4.06. The number of benzene rings is 1. The molecule has 1 aromatic carbocycles. The Morgan fingerprint density at radius 1 is 1.38 bits per heavy atom. The topological polar surface area (TPSA) is 58.9 Å². The fraction of sp³-hybridized carbons (Fsp3) is 0.100. The molecule has 0 saturated heterocycles. The molecule has 3 nitrogen and oxygen atoms in total. The van der Waals surface area contributed by atoms with Crippen molar-refractivity contribution >= 4 is 16.6 Å². The van der Waals surface area contributed by atoms with E-state index in [1.54, 1.807) is 19.2 Å². The van der Waals surface area contributed by atoms with Gasteiger partial charge >= 0.3 is 0 Å². The molecule has 0 aliphatic rings. The number of nitrogen functional groups attached to an aromatic ring is 1. The molecule has 2 aromatic rings. The van der Waals surface area contributed by atoms with Crippen LogP contribution in [0.15, 0.2) is 29.2 Å². The normalized spacial score (nSPS) is 10.5. The lowest BCUT2D eigenvalue weighted by atomic mass is 10.1. The van der Waals surface area contributed by atoms with Gasteiger partial charge in [-0.05, 0) is 19.1 Å². The second-order valence-corrected chi connectivity index (χ2v) is 3.07. The largest absolute Gasteiger partial charge is 0.398 e. The molecule has 0 atom stereocenters. The third-order valence-corrected chi connectivity index (χ3v) is 2.13. The van der Waals surface area contributed by atoms with Crippen LogP contribution in [-0.2, 0) is 0 Å². The highest BCUT2D eigenvalue weighted by Crippen LogP contribution is 2.14. The van der Waals surface area contributed by atoms with Crippen LogP contribution in [0.3, 0.4) is 0 Å². The Kier molecular flexibility index (Phi) is 1.59. The summed E-state index contributed by atoms with van der Waals surface area (Å²) in [6.45, 7) is 1.77. The van der Waals surface area contributed by atoms with Crippen LogP contribution < -0.4 is 11.2 Å².